The van der Waals surface area contributed by atoms with Crippen LogP contribution in [0.4, 0.5) is 0 Å². The molecule has 0 aliphatic carbocycles. The molecular weight excluding hydrogens is 330 g/mol. The summed E-state index contributed by atoms with van der Waals surface area (Å²) in [6.07, 6.45) is -2.69. The van der Waals surface area contributed by atoms with Gasteiger partial charge < -0.3 is 25.7 Å². The Balaban J connectivity index is 1.84. The zero-order chi connectivity index (χ0) is 17.3. The maximum Gasteiger partial charge on any atom is 0.115 e. The van der Waals surface area contributed by atoms with E-state index in [2.05, 4.69) is 5.32 Å². The predicted molar refractivity (Wildman–Crippen MR) is 91.1 cm³/mol. The molecule has 2 aromatic rings. The van der Waals surface area contributed by atoms with Crippen molar-refractivity contribution in [1.82, 2.24) is 5.32 Å². The molecule has 0 saturated carbocycles. The van der Waals surface area contributed by atoms with Crippen LogP contribution in [0.2, 0.25) is 5.02 Å². The smallest absolute Gasteiger partial charge is 0.115 e. The second kappa shape index (κ2) is 7.09. The van der Waals surface area contributed by atoms with E-state index in [4.69, 9.17) is 11.6 Å². The Morgan fingerprint density at radius 2 is 1.71 bits per heavy atom. The van der Waals surface area contributed by atoms with E-state index in [9.17, 15) is 20.4 Å². The lowest BCUT2D eigenvalue weighted by molar-refractivity contribution is -0.0949. The maximum absolute atomic E-state index is 10.2. The first-order chi connectivity index (χ1) is 11.5. The summed E-state index contributed by atoms with van der Waals surface area (Å²) in [5.74, 6) is 0.209. The minimum absolute atomic E-state index is 0.207. The van der Waals surface area contributed by atoms with Crippen LogP contribution in [0.5, 0.6) is 5.75 Å². The summed E-state index contributed by atoms with van der Waals surface area (Å²) in [6, 6.07) is 11.9. The van der Waals surface area contributed by atoms with Crippen LogP contribution in [0, 0.1) is 0 Å². The monoisotopic (exact) mass is 349 g/mol. The predicted octanol–water partition coefficient (Wildman–Crippen LogP) is 1.36. The van der Waals surface area contributed by atoms with Gasteiger partial charge in [0.2, 0.25) is 0 Å². The highest BCUT2D eigenvalue weighted by atomic mass is 35.5. The lowest BCUT2D eigenvalue weighted by Gasteiger charge is -2.36. The van der Waals surface area contributed by atoms with Crippen molar-refractivity contribution in [3.8, 4) is 5.75 Å². The third-order valence-electron chi connectivity index (χ3n) is 4.39. The van der Waals surface area contributed by atoms with Crippen LogP contribution in [0.3, 0.4) is 0 Å². The van der Waals surface area contributed by atoms with Crippen molar-refractivity contribution >= 4 is 11.6 Å². The molecule has 4 atom stereocenters. The first-order valence-corrected chi connectivity index (χ1v) is 8.17. The first-order valence-electron chi connectivity index (χ1n) is 7.79. The summed E-state index contributed by atoms with van der Waals surface area (Å²) < 4.78 is 0. The zero-order valence-electron chi connectivity index (χ0n) is 12.9. The van der Waals surface area contributed by atoms with Gasteiger partial charge in [-0.05, 0) is 41.3 Å². The lowest BCUT2D eigenvalue weighted by atomic mass is 9.89. The maximum atomic E-state index is 10.2. The number of piperidine rings is 1. The van der Waals surface area contributed by atoms with E-state index in [1.54, 1.807) is 24.3 Å². The lowest BCUT2D eigenvalue weighted by Crippen LogP contribution is -2.55. The van der Waals surface area contributed by atoms with Crippen LogP contribution in [0.1, 0.15) is 22.7 Å². The van der Waals surface area contributed by atoms with Crippen molar-refractivity contribution in [1.29, 1.82) is 0 Å². The first kappa shape index (κ1) is 17.2. The normalized spacial score (nSPS) is 27.2. The third kappa shape index (κ3) is 3.55. The van der Waals surface area contributed by atoms with Crippen LogP contribution in [0.25, 0.3) is 0 Å². The van der Waals surface area contributed by atoms with E-state index in [1.165, 1.54) is 0 Å². The number of β-amino-alcohol motifs (C(OH)–C–C–N with tert-alkyl or cyclic N) is 1. The van der Waals surface area contributed by atoms with Gasteiger partial charge in [-0.3, -0.25) is 0 Å². The number of hydrogen-bond acceptors (Lipinski definition) is 5. The molecule has 0 spiro atoms. The number of halogens is 1. The topological polar surface area (TPSA) is 93.0 Å². The van der Waals surface area contributed by atoms with E-state index < -0.39 is 24.4 Å². The van der Waals surface area contributed by atoms with Gasteiger partial charge in [0, 0.05) is 11.6 Å². The van der Waals surface area contributed by atoms with Gasteiger partial charge in [-0.15, -0.1) is 0 Å². The van der Waals surface area contributed by atoms with Gasteiger partial charge in [0.15, 0.2) is 0 Å². The molecule has 2 aromatic carbocycles. The molecule has 1 aliphatic rings. The number of rotatable bonds is 3. The number of benzene rings is 2. The Hall–Kier alpha value is -1.63. The molecule has 5 nitrogen and oxygen atoms in total. The van der Waals surface area contributed by atoms with Crippen LogP contribution in [-0.4, -0.2) is 45.3 Å². The second-order valence-electron chi connectivity index (χ2n) is 6.13. The fourth-order valence-corrected chi connectivity index (χ4v) is 3.17. The molecule has 1 aliphatic heterocycles. The summed E-state index contributed by atoms with van der Waals surface area (Å²) in [6.45, 7) is 0.207. The molecule has 0 amide bonds. The Morgan fingerprint density at radius 1 is 1.00 bits per heavy atom. The number of aliphatic hydroxyl groups excluding tert-OH is 3. The minimum Gasteiger partial charge on any atom is -0.508 e. The zero-order valence-corrected chi connectivity index (χ0v) is 13.7. The van der Waals surface area contributed by atoms with E-state index >= 15 is 0 Å². The molecule has 24 heavy (non-hydrogen) atoms. The van der Waals surface area contributed by atoms with Crippen molar-refractivity contribution in [2.24, 2.45) is 0 Å². The van der Waals surface area contributed by atoms with Gasteiger partial charge in [0.25, 0.3) is 0 Å². The van der Waals surface area contributed by atoms with Crippen LogP contribution in [-0.2, 0) is 6.42 Å². The van der Waals surface area contributed by atoms with Gasteiger partial charge in [-0.25, -0.2) is 0 Å². The van der Waals surface area contributed by atoms with Crippen LogP contribution >= 0.6 is 11.6 Å². The molecule has 1 fully saturated rings. The Bertz CT molecular complexity index is 707. The Labute approximate surface area is 145 Å². The third-order valence-corrected chi connectivity index (χ3v) is 4.76. The van der Waals surface area contributed by atoms with Gasteiger partial charge in [0.1, 0.15) is 18.0 Å². The SMILES string of the molecule is Oc1ccc(Cc2cc(C3NCC(O)C(O)C3O)ccc2Cl)cc1. The largest absolute Gasteiger partial charge is 0.508 e. The molecule has 0 radical (unpaired) electrons. The van der Waals surface area contributed by atoms with E-state index in [-0.39, 0.29) is 12.3 Å². The number of phenols is 1. The highest BCUT2D eigenvalue weighted by Gasteiger charge is 2.37. The number of nitrogens with one attached hydrogen (secondary N) is 1. The highest BCUT2D eigenvalue weighted by molar-refractivity contribution is 6.31. The molecule has 128 valence electrons. The average molecular weight is 350 g/mol. The van der Waals surface area contributed by atoms with Crippen molar-refractivity contribution in [2.75, 3.05) is 6.54 Å². The van der Waals surface area contributed by atoms with Crippen LogP contribution in [0.15, 0.2) is 42.5 Å². The Morgan fingerprint density at radius 3 is 2.42 bits per heavy atom. The summed E-state index contributed by atoms with van der Waals surface area (Å²) >= 11 is 6.28. The Kier molecular flexibility index (Phi) is 5.08. The molecule has 1 saturated heterocycles. The summed E-state index contributed by atoms with van der Waals surface area (Å²) in [5, 5.41) is 42.7. The van der Waals surface area contributed by atoms with Gasteiger partial charge in [-0.1, -0.05) is 35.9 Å². The molecular formula is C18H20ClNO4. The van der Waals surface area contributed by atoms with E-state index in [0.29, 0.717) is 11.4 Å². The molecule has 1 heterocycles. The number of aromatic hydroxyl groups is 1. The van der Waals surface area contributed by atoms with Crippen molar-refractivity contribution in [3.05, 3.63) is 64.2 Å². The fraction of sp³-hybridized carbons (Fsp3) is 0.333. The van der Waals surface area contributed by atoms with Gasteiger partial charge >= 0.3 is 0 Å². The van der Waals surface area contributed by atoms with Gasteiger partial charge in [-0.2, -0.15) is 0 Å². The molecule has 6 heteroatoms. The van der Waals surface area contributed by atoms with Crippen molar-refractivity contribution in [2.45, 2.75) is 30.8 Å². The van der Waals surface area contributed by atoms with E-state index in [1.807, 2.05) is 18.2 Å². The quantitative estimate of drug-likeness (QED) is 0.577. The van der Waals surface area contributed by atoms with Crippen molar-refractivity contribution < 1.29 is 20.4 Å². The standard InChI is InChI=1S/C18H20ClNO4/c19-14-6-3-11(16-18(24)17(23)15(22)9-20-16)8-12(14)7-10-1-4-13(21)5-2-10/h1-6,8,15-18,20-24H,7,9H2. The summed E-state index contributed by atoms with van der Waals surface area (Å²) in [5.41, 5.74) is 2.68. The molecule has 4 unspecified atom stereocenters. The van der Waals surface area contributed by atoms with Gasteiger partial charge in [0.05, 0.1) is 12.1 Å². The highest BCUT2D eigenvalue weighted by Crippen LogP contribution is 2.29. The number of phenolic OH excluding ortho intramolecular Hbond substituents is 1. The minimum atomic E-state index is -1.19. The molecule has 3 rings (SSSR count). The average Bonchev–Trinajstić information content (AvgIpc) is 2.57. The number of aliphatic hydroxyl groups is 3. The van der Waals surface area contributed by atoms with Crippen LogP contribution < -0.4 is 5.32 Å². The second-order valence-corrected chi connectivity index (χ2v) is 6.54. The number of hydrogen-bond donors (Lipinski definition) is 5. The summed E-state index contributed by atoms with van der Waals surface area (Å²) in [7, 11) is 0. The molecule has 0 aromatic heterocycles. The molecule has 5 N–H and O–H groups in total. The fourth-order valence-electron chi connectivity index (χ4n) is 2.99. The van der Waals surface area contributed by atoms with E-state index in [0.717, 1.165) is 16.7 Å². The molecule has 0 bridgehead atoms. The van der Waals surface area contributed by atoms with Crippen molar-refractivity contribution in [3.63, 3.8) is 0 Å². The summed E-state index contributed by atoms with van der Waals surface area (Å²) in [4.78, 5) is 0.